The third kappa shape index (κ3) is 4.24. The lowest BCUT2D eigenvalue weighted by atomic mass is 9.77. The van der Waals surface area contributed by atoms with Crippen molar-refractivity contribution in [2.24, 2.45) is 5.92 Å². The second kappa shape index (κ2) is 8.45. The molecule has 0 amide bonds. The van der Waals surface area contributed by atoms with Crippen molar-refractivity contribution >= 4 is 23.2 Å². The van der Waals surface area contributed by atoms with E-state index in [0.717, 1.165) is 37.4 Å². The van der Waals surface area contributed by atoms with Crippen LogP contribution in [0.2, 0.25) is 10.0 Å². The van der Waals surface area contributed by atoms with Gasteiger partial charge in [0.05, 0.1) is 13.2 Å². The van der Waals surface area contributed by atoms with Gasteiger partial charge in [0.2, 0.25) is 0 Å². The summed E-state index contributed by atoms with van der Waals surface area (Å²) in [5.41, 5.74) is 0.407. The number of hydrogen-bond donors (Lipinski definition) is 1. The van der Waals surface area contributed by atoms with E-state index < -0.39 is 5.60 Å². The molecule has 0 spiro atoms. The fourth-order valence-electron chi connectivity index (χ4n) is 3.22. The number of nitrogens with zero attached hydrogens (tertiary/aromatic N) is 1. The third-order valence-electron chi connectivity index (χ3n) is 4.86. The molecule has 3 nitrogen and oxygen atoms in total. The van der Waals surface area contributed by atoms with Crippen molar-refractivity contribution < 1.29 is 9.84 Å². The van der Waals surface area contributed by atoms with Crippen LogP contribution in [0.5, 0.6) is 0 Å². The second-order valence-corrected chi connectivity index (χ2v) is 7.43. The molecule has 26 heavy (non-hydrogen) atoms. The fraction of sp³-hybridized carbons (Fsp3) is 0.333. The first kappa shape index (κ1) is 19.2. The summed E-state index contributed by atoms with van der Waals surface area (Å²) in [6, 6.07) is 14.7. The summed E-state index contributed by atoms with van der Waals surface area (Å²) < 4.78 is 5.38. The Labute approximate surface area is 164 Å². The van der Waals surface area contributed by atoms with Gasteiger partial charge in [-0.1, -0.05) is 60.5 Å². The number of benzene rings is 2. The zero-order valence-electron chi connectivity index (χ0n) is 14.7. The molecular formula is C21H23Cl2NO2. The zero-order chi connectivity index (χ0) is 18.6. The van der Waals surface area contributed by atoms with Gasteiger partial charge >= 0.3 is 0 Å². The zero-order valence-corrected chi connectivity index (χ0v) is 16.2. The Balaban J connectivity index is 1.95. The van der Waals surface area contributed by atoms with Crippen molar-refractivity contribution in [2.75, 3.05) is 26.3 Å². The predicted molar refractivity (Wildman–Crippen MR) is 107 cm³/mol. The minimum Gasteiger partial charge on any atom is -0.380 e. The summed E-state index contributed by atoms with van der Waals surface area (Å²) >= 11 is 12.1. The van der Waals surface area contributed by atoms with Crippen LogP contribution >= 0.6 is 23.2 Å². The van der Waals surface area contributed by atoms with Crippen LogP contribution < -0.4 is 0 Å². The minimum absolute atomic E-state index is 0.160. The summed E-state index contributed by atoms with van der Waals surface area (Å²) in [6.07, 6.45) is 4.11. The van der Waals surface area contributed by atoms with Gasteiger partial charge in [-0.25, -0.2) is 0 Å². The minimum atomic E-state index is -1.18. The maximum atomic E-state index is 11.8. The van der Waals surface area contributed by atoms with Gasteiger partial charge in [-0.2, -0.15) is 0 Å². The van der Waals surface area contributed by atoms with E-state index in [1.807, 2.05) is 31.2 Å². The lowest BCUT2D eigenvalue weighted by Gasteiger charge is -2.35. The highest BCUT2D eigenvalue weighted by atomic mass is 35.5. The average molecular weight is 392 g/mol. The highest BCUT2D eigenvalue weighted by molar-refractivity contribution is 6.30. The molecule has 1 aliphatic rings. The molecule has 5 heteroatoms. The summed E-state index contributed by atoms with van der Waals surface area (Å²) in [5, 5.41) is 13.0. The molecule has 2 aromatic carbocycles. The first-order valence-corrected chi connectivity index (χ1v) is 9.50. The standard InChI is InChI=1S/C21H23Cl2NO2/c1-16(10-11-24-12-14-26-15-13-24)21(25,17-2-6-19(22)7-3-17)18-4-8-20(23)9-5-18/h2-11,16,25H,12-15H2,1H3. The van der Waals surface area contributed by atoms with E-state index in [-0.39, 0.29) is 5.92 Å². The van der Waals surface area contributed by atoms with Crippen LogP contribution in [0, 0.1) is 5.92 Å². The van der Waals surface area contributed by atoms with Crippen LogP contribution in [-0.4, -0.2) is 36.3 Å². The Kier molecular flexibility index (Phi) is 6.25. The molecule has 1 heterocycles. The molecule has 1 N–H and O–H groups in total. The van der Waals surface area contributed by atoms with Crippen LogP contribution in [0.25, 0.3) is 0 Å². The Bertz CT molecular complexity index is 692. The summed E-state index contributed by atoms with van der Waals surface area (Å²) in [6.45, 7) is 5.21. The Morgan fingerprint density at radius 1 is 0.962 bits per heavy atom. The molecule has 1 saturated heterocycles. The maximum Gasteiger partial charge on any atom is 0.121 e. The van der Waals surface area contributed by atoms with E-state index in [0.29, 0.717) is 10.0 Å². The van der Waals surface area contributed by atoms with Crippen LogP contribution in [0.3, 0.4) is 0 Å². The van der Waals surface area contributed by atoms with Crippen LogP contribution in [0.1, 0.15) is 18.1 Å². The van der Waals surface area contributed by atoms with Crippen molar-refractivity contribution in [3.05, 3.63) is 82.0 Å². The number of rotatable bonds is 5. The van der Waals surface area contributed by atoms with E-state index in [9.17, 15) is 5.11 Å². The van der Waals surface area contributed by atoms with Crippen molar-refractivity contribution in [1.82, 2.24) is 4.90 Å². The van der Waals surface area contributed by atoms with E-state index in [1.54, 1.807) is 24.3 Å². The van der Waals surface area contributed by atoms with Gasteiger partial charge in [0.1, 0.15) is 5.60 Å². The van der Waals surface area contributed by atoms with Crippen LogP contribution in [0.15, 0.2) is 60.8 Å². The molecule has 3 rings (SSSR count). The largest absolute Gasteiger partial charge is 0.380 e. The first-order valence-electron chi connectivity index (χ1n) is 8.75. The van der Waals surface area contributed by atoms with Gasteiger partial charge in [0, 0.05) is 29.1 Å². The van der Waals surface area contributed by atoms with E-state index in [1.165, 1.54) is 0 Å². The van der Waals surface area contributed by atoms with Gasteiger partial charge in [-0.05, 0) is 41.6 Å². The molecule has 1 atom stereocenters. The molecule has 1 aliphatic heterocycles. The lowest BCUT2D eigenvalue weighted by molar-refractivity contribution is 0.0406. The van der Waals surface area contributed by atoms with E-state index in [2.05, 4.69) is 17.2 Å². The van der Waals surface area contributed by atoms with Crippen molar-refractivity contribution in [3.8, 4) is 0 Å². The normalized spacial score (nSPS) is 16.8. The van der Waals surface area contributed by atoms with Crippen LogP contribution in [-0.2, 0) is 10.3 Å². The van der Waals surface area contributed by atoms with Crippen LogP contribution in [0.4, 0.5) is 0 Å². The summed E-state index contributed by atoms with van der Waals surface area (Å²) in [4.78, 5) is 2.21. The molecular weight excluding hydrogens is 369 g/mol. The molecule has 0 bridgehead atoms. The Morgan fingerprint density at radius 3 is 1.88 bits per heavy atom. The molecule has 0 radical (unpaired) electrons. The number of aliphatic hydroxyl groups is 1. The van der Waals surface area contributed by atoms with Gasteiger partial charge in [0.25, 0.3) is 0 Å². The molecule has 0 aliphatic carbocycles. The topological polar surface area (TPSA) is 32.7 Å². The Hall–Kier alpha value is -1.52. The Morgan fingerprint density at radius 2 is 1.42 bits per heavy atom. The molecule has 1 unspecified atom stereocenters. The SMILES string of the molecule is CC(C=CN1CCOCC1)C(O)(c1ccc(Cl)cc1)c1ccc(Cl)cc1. The average Bonchev–Trinajstić information content (AvgIpc) is 2.67. The molecule has 2 aromatic rings. The molecule has 138 valence electrons. The molecule has 1 fully saturated rings. The van der Waals surface area contributed by atoms with Gasteiger partial charge < -0.3 is 14.7 Å². The highest BCUT2D eigenvalue weighted by Gasteiger charge is 2.36. The van der Waals surface area contributed by atoms with Crippen molar-refractivity contribution in [2.45, 2.75) is 12.5 Å². The number of hydrogen-bond acceptors (Lipinski definition) is 3. The smallest absolute Gasteiger partial charge is 0.121 e. The highest BCUT2D eigenvalue weighted by Crippen LogP contribution is 2.38. The lowest BCUT2D eigenvalue weighted by Crippen LogP contribution is -2.35. The number of morpholine rings is 1. The monoisotopic (exact) mass is 391 g/mol. The molecule has 0 saturated carbocycles. The summed E-state index contributed by atoms with van der Waals surface area (Å²) in [5.74, 6) is -0.160. The maximum absolute atomic E-state index is 11.8. The fourth-order valence-corrected chi connectivity index (χ4v) is 3.47. The summed E-state index contributed by atoms with van der Waals surface area (Å²) in [7, 11) is 0. The first-order chi connectivity index (χ1) is 12.5. The quantitative estimate of drug-likeness (QED) is 0.800. The van der Waals surface area contributed by atoms with Gasteiger partial charge in [0.15, 0.2) is 0 Å². The second-order valence-electron chi connectivity index (χ2n) is 6.56. The number of ether oxygens (including phenoxy) is 1. The van der Waals surface area contributed by atoms with E-state index in [4.69, 9.17) is 27.9 Å². The predicted octanol–water partition coefficient (Wildman–Crippen LogP) is 4.71. The van der Waals surface area contributed by atoms with Gasteiger partial charge in [-0.15, -0.1) is 0 Å². The third-order valence-corrected chi connectivity index (χ3v) is 5.36. The van der Waals surface area contributed by atoms with Gasteiger partial charge in [-0.3, -0.25) is 0 Å². The molecule has 0 aromatic heterocycles. The van der Waals surface area contributed by atoms with Crippen molar-refractivity contribution in [3.63, 3.8) is 0 Å². The number of halogens is 2. The van der Waals surface area contributed by atoms with Crippen molar-refractivity contribution in [1.29, 1.82) is 0 Å². The van der Waals surface area contributed by atoms with E-state index >= 15 is 0 Å².